The second-order valence-electron chi connectivity index (χ2n) is 5.51. The van der Waals surface area contributed by atoms with Gasteiger partial charge in [0, 0.05) is 23.9 Å². The lowest BCUT2D eigenvalue weighted by Crippen LogP contribution is -2.15. The average molecular weight is 278 g/mol. The van der Waals surface area contributed by atoms with Crippen molar-refractivity contribution in [2.75, 3.05) is 11.9 Å². The lowest BCUT2D eigenvalue weighted by Gasteiger charge is -2.15. The first-order valence-corrected chi connectivity index (χ1v) is 7.28. The maximum absolute atomic E-state index is 11.0. The summed E-state index contributed by atoms with van der Waals surface area (Å²) in [5.41, 5.74) is 0.911. The molecule has 0 spiro atoms. The van der Waals surface area contributed by atoms with Crippen LogP contribution >= 0.6 is 0 Å². The highest BCUT2D eigenvalue weighted by atomic mass is 16.6. The van der Waals surface area contributed by atoms with Gasteiger partial charge in [-0.05, 0) is 31.7 Å². The highest BCUT2D eigenvalue weighted by molar-refractivity contribution is 5.58. The van der Waals surface area contributed by atoms with E-state index in [0.29, 0.717) is 18.4 Å². The van der Waals surface area contributed by atoms with Gasteiger partial charge in [-0.25, -0.2) is 0 Å². The third-order valence-corrected chi connectivity index (χ3v) is 3.42. The molecule has 0 saturated heterocycles. The third-order valence-electron chi connectivity index (χ3n) is 3.42. The Kier molecular flexibility index (Phi) is 4.82. The summed E-state index contributed by atoms with van der Waals surface area (Å²) in [5, 5.41) is 14.4. The van der Waals surface area contributed by atoms with Crippen LogP contribution in [0.5, 0.6) is 5.75 Å². The second-order valence-corrected chi connectivity index (χ2v) is 5.51. The van der Waals surface area contributed by atoms with Gasteiger partial charge >= 0.3 is 5.69 Å². The molecule has 0 radical (unpaired) electrons. The number of benzene rings is 1. The number of ether oxygens (including phenoxy) is 1. The standard InChI is InChI=1S/C15H22N2O3/c1-3-8-20-15-10-13(6-7-14(15)17(18)19)16-11(2)9-12-4-5-12/h6-7,10-12,16H,3-5,8-9H2,1-2H3. The Balaban J connectivity index is 2.06. The average Bonchev–Trinajstić information content (AvgIpc) is 3.19. The molecular formula is C15H22N2O3. The maximum Gasteiger partial charge on any atom is 0.311 e. The first-order valence-electron chi connectivity index (χ1n) is 7.28. The van der Waals surface area contributed by atoms with Gasteiger partial charge in [0.1, 0.15) is 0 Å². The molecule has 5 heteroatoms. The lowest BCUT2D eigenvalue weighted by atomic mass is 10.1. The van der Waals surface area contributed by atoms with Gasteiger partial charge in [-0.3, -0.25) is 10.1 Å². The fourth-order valence-corrected chi connectivity index (χ4v) is 2.28. The zero-order valence-corrected chi connectivity index (χ0v) is 12.1. The predicted molar refractivity (Wildman–Crippen MR) is 79.3 cm³/mol. The third kappa shape index (κ3) is 4.11. The molecule has 1 atom stereocenters. The molecule has 110 valence electrons. The molecule has 1 aromatic carbocycles. The summed E-state index contributed by atoms with van der Waals surface area (Å²) in [7, 11) is 0. The Bertz CT molecular complexity index is 472. The first kappa shape index (κ1) is 14.6. The minimum Gasteiger partial charge on any atom is -0.487 e. The normalized spacial score (nSPS) is 15.7. The largest absolute Gasteiger partial charge is 0.487 e. The molecule has 1 aliphatic rings. The molecule has 1 aliphatic carbocycles. The van der Waals surface area contributed by atoms with Crippen LogP contribution < -0.4 is 10.1 Å². The Morgan fingerprint density at radius 2 is 2.25 bits per heavy atom. The quantitative estimate of drug-likeness (QED) is 0.577. The van der Waals surface area contributed by atoms with Crippen molar-refractivity contribution in [3.05, 3.63) is 28.3 Å². The molecule has 1 N–H and O–H groups in total. The summed E-state index contributed by atoms with van der Waals surface area (Å²) in [5.74, 6) is 1.20. The molecule has 0 bridgehead atoms. The maximum atomic E-state index is 11.0. The van der Waals surface area contributed by atoms with Crippen molar-refractivity contribution in [2.45, 2.75) is 45.6 Å². The molecule has 0 aromatic heterocycles. The van der Waals surface area contributed by atoms with Gasteiger partial charge < -0.3 is 10.1 Å². The number of rotatable bonds is 8. The molecule has 20 heavy (non-hydrogen) atoms. The SMILES string of the molecule is CCCOc1cc(NC(C)CC2CC2)ccc1[N+](=O)[O-]. The molecule has 0 heterocycles. The van der Waals surface area contributed by atoms with E-state index in [1.165, 1.54) is 18.9 Å². The van der Waals surface area contributed by atoms with Crippen molar-refractivity contribution in [1.82, 2.24) is 0 Å². The fourth-order valence-electron chi connectivity index (χ4n) is 2.28. The van der Waals surface area contributed by atoms with E-state index in [0.717, 1.165) is 24.4 Å². The summed E-state index contributed by atoms with van der Waals surface area (Å²) < 4.78 is 5.48. The molecule has 1 aromatic rings. The Morgan fingerprint density at radius 1 is 1.50 bits per heavy atom. The zero-order valence-electron chi connectivity index (χ0n) is 12.1. The van der Waals surface area contributed by atoms with Gasteiger partial charge in [0.25, 0.3) is 0 Å². The smallest absolute Gasteiger partial charge is 0.311 e. The lowest BCUT2D eigenvalue weighted by molar-refractivity contribution is -0.385. The van der Waals surface area contributed by atoms with Crippen molar-refractivity contribution in [1.29, 1.82) is 0 Å². The molecule has 1 saturated carbocycles. The van der Waals surface area contributed by atoms with Crippen LogP contribution in [0.4, 0.5) is 11.4 Å². The van der Waals surface area contributed by atoms with Crippen LogP contribution in [0.15, 0.2) is 18.2 Å². The Morgan fingerprint density at radius 3 is 2.85 bits per heavy atom. The van der Waals surface area contributed by atoms with Crippen LogP contribution in [0.3, 0.4) is 0 Å². The van der Waals surface area contributed by atoms with Crippen molar-refractivity contribution in [3.8, 4) is 5.75 Å². The minimum atomic E-state index is -0.400. The summed E-state index contributed by atoms with van der Waals surface area (Å²) in [6.45, 7) is 4.61. The van der Waals surface area contributed by atoms with Crippen LogP contribution in [0.1, 0.15) is 39.5 Å². The van der Waals surface area contributed by atoms with Gasteiger partial charge in [-0.2, -0.15) is 0 Å². The highest BCUT2D eigenvalue weighted by Gasteiger charge is 2.24. The Labute approximate surface area is 119 Å². The van der Waals surface area contributed by atoms with Gasteiger partial charge in [-0.1, -0.05) is 19.8 Å². The van der Waals surface area contributed by atoms with Crippen molar-refractivity contribution in [3.63, 3.8) is 0 Å². The summed E-state index contributed by atoms with van der Waals surface area (Å²) in [6.07, 6.45) is 4.64. The van der Waals surface area contributed by atoms with Gasteiger partial charge in [-0.15, -0.1) is 0 Å². The number of nitro groups is 1. The van der Waals surface area contributed by atoms with Gasteiger partial charge in [0.15, 0.2) is 5.75 Å². The van der Waals surface area contributed by atoms with Crippen molar-refractivity contribution >= 4 is 11.4 Å². The molecule has 0 aliphatic heterocycles. The van der Waals surface area contributed by atoms with Crippen LogP contribution in [-0.4, -0.2) is 17.6 Å². The zero-order chi connectivity index (χ0) is 14.5. The van der Waals surface area contributed by atoms with E-state index in [4.69, 9.17) is 4.74 Å². The summed E-state index contributed by atoms with van der Waals surface area (Å²) >= 11 is 0. The van der Waals surface area contributed by atoms with E-state index in [1.807, 2.05) is 6.92 Å². The number of hydrogen-bond acceptors (Lipinski definition) is 4. The van der Waals surface area contributed by atoms with Crippen LogP contribution in [0.25, 0.3) is 0 Å². The van der Waals surface area contributed by atoms with Crippen molar-refractivity contribution < 1.29 is 9.66 Å². The number of hydrogen-bond donors (Lipinski definition) is 1. The van der Waals surface area contributed by atoms with E-state index in [1.54, 1.807) is 12.1 Å². The van der Waals surface area contributed by atoms with Gasteiger partial charge in [0.2, 0.25) is 0 Å². The number of nitro benzene ring substituents is 1. The van der Waals surface area contributed by atoms with E-state index in [2.05, 4.69) is 12.2 Å². The summed E-state index contributed by atoms with van der Waals surface area (Å²) in [6, 6.07) is 5.37. The fraction of sp³-hybridized carbons (Fsp3) is 0.600. The molecule has 5 nitrogen and oxygen atoms in total. The van der Waals surface area contributed by atoms with Crippen molar-refractivity contribution in [2.24, 2.45) is 5.92 Å². The van der Waals surface area contributed by atoms with Gasteiger partial charge in [0.05, 0.1) is 11.5 Å². The molecule has 1 unspecified atom stereocenters. The molecule has 1 fully saturated rings. The second kappa shape index (κ2) is 6.59. The number of anilines is 1. The molecular weight excluding hydrogens is 256 g/mol. The van der Waals surface area contributed by atoms with E-state index >= 15 is 0 Å². The topological polar surface area (TPSA) is 64.4 Å². The molecule has 2 rings (SSSR count). The predicted octanol–water partition coefficient (Wildman–Crippen LogP) is 3.98. The monoisotopic (exact) mass is 278 g/mol. The van der Waals surface area contributed by atoms with Crippen LogP contribution in [0, 0.1) is 16.0 Å². The number of nitrogens with one attached hydrogen (secondary N) is 1. The number of nitrogens with zero attached hydrogens (tertiary/aromatic N) is 1. The van der Waals surface area contributed by atoms with E-state index in [-0.39, 0.29) is 5.69 Å². The highest BCUT2D eigenvalue weighted by Crippen LogP contribution is 2.35. The minimum absolute atomic E-state index is 0.0267. The van der Waals surface area contributed by atoms with E-state index in [9.17, 15) is 10.1 Å². The van der Waals surface area contributed by atoms with E-state index < -0.39 is 4.92 Å². The summed E-state index contributed by atoms with van der Waals surface area (Å²) in [4.78, 5) is 10.6. The first-order chi connectivity index (χ1) is 9.60. The van der Waals surface area contributed by atoms with Crippen LogP contribution in [0.2, 0.25) is 0 Å². The van der Waals surface area contributed by atoms with Crippen LogP contribution in [-0.2, 0) is 0 Å². The molecule has 0 amide bonds. The Hall–Kier alpha value is -1.78.